The molecule has 4 heteroatoms. The number of fused-ring (bicyclic) bond motifs is 1. The maximum absolute atomic E-state index is 12.6. The van der Waals surface area contributed by atoms with Gasteiger partial charge in [0.05, 0.1) is 5.92 Å². The highest BCUT2D eigenvalue weighted by Gasteiger charge is 2.34. The molecule has 2 N–H and O–H groups in total. The van der Waals surface area contributed by atoms with Gasteiger partial charge in [0.15, 0.2) is 0 Å². The highest BCUT2D eigenvalue weighted by molar-refractivity contribution is 8.00. The molecule has 3 nitrogen and oxygen atoms in total. The Balaban J connectivity index is 1.66. The Kier molecular flexibility index (Phi) is 4.43. The lowest BCUT2D eigenvalue weighted by atomic mass is 9.90. The van der Waals surface area contributed by atoms with Crippen LogP contribution in [0.2, 0.25) is 0 Å². The standard InChI is InChI=1S/C17H24N2OS/c1-21-17(9-4-5-10-17)12-19-16(20)14-8-11-18-15-7-3-2-6-13(14)15/h2-3,6-7,14,18H,4-5,8-12H2,1H3,(H,19,20). The van der Waals surface area contributed by atoms with E-state index in [1.54, 1.807) is 0 Å². The van der Waals surface area contributed by atoms with E-state index in [1.807, 2.05) is 23.9 Å². The van der Waals surface area contributed by atoms with Crippen LogP contribution in [0.4, 0.5) is 5.69 Å². The predicted octanol–water partition coefficient (Wildman–Crippen LogP) is 3.38. The molecule has 0 bridgehead atoms. The van der Waals surface area contributed by atoms with Gasteiger partial charge in [-0.25, -0.2) is 0 Å². The summed E-state index contributed by atoms with van der Waals surface area (Å²) in [6.45, 7) is 1.70. The van der Waals surface area contributed by atoms with Crippen molar-refractivity contribution in [2.45, 2.75) is 42.8 Å². The summed E-state index contributed by atoms with van der Waals surface area (Å²) in [4.78, 5) is 12.6. The Bertz CT molecular complexity index is 511. The number of benzene rings is 1. The summed E-state index contributed by atoms with van der Waals surface area (Å²) in [7, 11) is 0. The number of hydrogen-bond donors (Lipinski definition) is 2. The zero-order valence-corrected chi connectivity index (χ0v) is 13.5. The van der Waals surface area contributed by atoms with E-state index in [0.717, 1.165) is 30.8 Å². The van der Waals surface area contributed by atoms with Crippen molar-refractivity contribution < 1.29 is 4.79 Å². The van der Waals surface area contributed by atoms with Gasteiger partial charge in [-0.05, 0) is 37.1 Å². The van der Waals surface area contributed by atoms with Crippen LogP contribution in [-0.2, 0) is 4.79 Å². The van der Waals surface area contributed by atoms with Crippen LogP contribution in [-0.4, -0.2) is 30.0 Å². The van der Waals surface area contributed by atoms with Crippen LogP contribution in [0.5, 0.6) is 0 Å². The van der Waals surface area contributed by atoms with Crippen LogP contribution >= 0.6 is 11.8 Å². The summed E-state index contributed by atoms with van der Waals surface area (Å²) in [5.41, 5.74) is 2.26. The second kappa shape index (κ2) is 6.30. The molecule has 1 heterocycles. The molecule has 1 unspecified atom stereocenters. The minimum Gasteiger partial charge on any atom is -0.385 e. The Labute approximate surface area is 131 Å². The molecule has 0 spiro atoms. The average molecular weight is 304 g/mol. The number of thioether (sulfide) groups is 1. The third-order valence-corrected chi connectivity index (χ3v) is 6.35. The van der Waals surface area contributed by atoms with Gasteiger partial charge in [0.25, 0.3) is 0 Å². The van der Waals surface area contributed by atoms with Gasteiger partial charge in [-0.1, -0.05) is 31.0 Å². The van der Waals surface area contributed by atoms with E-state index in [-0.39, 0.29) is 16.6 Å². The van der Waals surface area contributed by atoms with Crippen LogP contribution in [0.3, 0.4) is 0 Å². The first kappa shape index (κ1) is 14.8. The zero-order valence-electron chi connectivity index (χ0n) is 12.7. The molecule has 1 aliphatic heterocycles. The third kappa shape index (κ3) is 3.05. The van der Waals surface area contributed by atoms with Gasteiger partial charge in [-0.2, -0.15) is 11.8 Å². The Morgan fingerprint density at radius 1 is 1.38 bits per heavy atom. The van der Waals surface area contributed by atoms with Crippen LogP contribution < -0.4 is 10.6 Å². The summed E-state index contributed by atoms with van der Waals surface area (Å²) < 4.78 is 0.280. The quantitative estimate of drug-likeness (QED) is 0.896. The van der Waals surface area contributed by atoms with E-state index >= 15 is 0 Å². The van der Waals surface area contributed by atoms with Crippen molar-refractivity contribution in [3.63, 3.8) is 0 Å². The SMILES string of the molecule is CSC1(CNC(=O)C2CCNc3ccccc32)CCCC1. The molecule has 0 saturated heterocycles. The van der Waals surface area contributed by atoms with Crippen LogP contribution in [0, 0.1) is 0 Å². The van der Waals surface area contributed by atoms with Gasteiger partial charge in [0.2, 0.25) is 5.91 Å². The van der Waals surface area contributed by atoms with Gasteiger partial charge in [0, 0.05) is 23.5 Å². The maximum Gasteiger partial charge on any atom is 0.227 e. The van der Waals surface area contributed by atoms with Crippen molar-refractivity contribution in [2.75, 3.05) is 24.7 Å². The number of amides is 1. The molecule has 1 fully saturated rings. The molecule has 1 aliphatic carbocycles. The second-order valence-electron chi connectivity index (χ2n) is 6.17. The summed E-state index contributed by atoms with van der Waals surface area (Å²) >= 11 is 1.93. The highest BCUT2D eigenvalue weighted by Crippen LogP contribution is 2.40. The normalized spacial score (nSPS) is 23.2. The molecule has 0 radical (unpaired) electrons. The fourth-order valence-corrected chi connectivity index (χ4v) is 4.50. The van der Waals surface area contributed by atoms with E-state index < -0.39 is 0 Å². The van der Waals surface area contributed by atoms with Gasteiger partial charge in [0.1, 0.15) is 0 Å². The molecule has 1 aromatic rings. The predicted molar refractivity (Wildman–Crippen MR) is 90.0 cm³/mol. The maximum atomic E-state index is 12.6. The van der Waals surface area contributed by atoms with Gasteiger partial charge in [-0.15, -0.1) is 0 Å². The number of rotatable bonds is 4. The number of carbonyl (C=O) groups is 1. The first-order chi connectivity index (χ1) is 10.2. The molecule has 1 aromatic carbocycles. The van der Waals surface area contributed by atoms with Crippen molar-refractivity contribution in [3.8, 4) is 0 Å². The molecule has 21 heavy (non-hydrogen) atoms. The van der Waals surface area contributed by atoms with Crippen LogP contribution in [0.25, 0.3) is 0 Å². The summed E-state index contributed by atoms with van der Waals surface area (Å²) in [6.07, 6.45) is 8.13. The fourth-order valence-electron chi connectivity index (χ4n) is 3.58. The van der Waals surface area contributed by atoms with Crippen molar-refractivity contribution in [1.82, 2.24) is 5.32 Å². The smallest absolute Gasteiger partial charge is 0.227 e. The first-order valence-corrected chi connectivity index (χ1v) is 9.12. The number of hydrogen-bond acceptors (Lipinski definition) is 3. The minimum absolute atomic E-state index is 0.00255. The summed E-state index contributed by atoms with van der Waals surface area (Å²) in [5.74, 6) is 0.201. The molecular formula is C17H24N2OS. The molecule has 1 amide bonds. The molecule has 1 saturated carbocycles. The molecule has 1 atom stereocenters. The summed E-state index contributed by atoms with van der Waals surface area (Å²) in [5, 5.41) is 6.62. The molecule has 2 aliphatic rings. The van der Waals surface area contributed by atoms with E-state index in [2.05, 4.69) is 29.0 Å². The van der Waals surface area contributed by atoms with Gasteiger partial charge < -0.3 is 10.6 Å². The minimum atomic E-state index is 0.00255. The lowest BCUT2D eigenvalue weighted by Crippen LogP contribution is -2.41. The number of nitrogens with one attached hydrogen (secondary N) is 2. The van der Waals surface area contributed by atoms with Crippen LogP contribution in [0.15, 0.2) is 24.3 Å². The third-order valence-electron chi connectivity index (χ3n) is 4.93. The Hall–Kier alpha value is -1.16. The van der Waals surface area contributed by atoms with Crippen molar-refractivity contribution in [3.05, 3.63) is 29.8 Å². The Morgan fingerprint density at radius 2 is 2.14 bits per heavy atom. The number of anilines is 1. The topological polar surface area (TPSA) is 41.1 Å². The summed E-state index contributed by atoms with van der Waals surface area (Å²) in [6, 6.07) is 8.18. The highest BCUT2D eigenvalue weighted by atomic mass is 32.2. The zero-order chi connectivity index (χ0) is 14.7. The lowest BCUT2D eigenvalue weighted by molar-refractivity contribution is -0.122. The lowest BCUT2D eigenvalue weighted by Gasteiger charge is -2.30. The van der Waals surface area contributed by atoms with E-state index in [0.29, 0.717) is 0 Å². The van der Waals surface area contributed by atoms with Crippen LogP contribution in [0.1, 0.15) is 43.6 Å². The van der Waals surface area contributed by atoms with Crippen molar-refractivity contribution in [2.24, 2.45) is 0 Å². The average Bonchev–Trinajstić information content (AvgIpc) is 3.01. The van der Waals surface area contributed by atoms with Crippen molar-refractivity contribution in [1.29, 1.82) is 0 Å². The van der Waals surface area contributed by atoms with E-state index in [4.69, 9.17) is 0 Å². The van der Waals surface area contributed by atoms with E-state index in [1.165, 1.54) is 25.7 Å². The second-order valence-corrected chi connectivity index (χ2v) is 7.44. The largest absolute Gasteiger partial charge is 0.385 e. The molecule has 114 valence electrons. The first-order valence-electron chi connectivity index (χ1n) is 7.90. The fraction of sp³-hybridized carbons (Fsp3) is 0.588. The molecule has 0 aromatic heterocycles. The van der Waals surface area contributed by atoms with Gasteiger partial charge >= 0.3 is 0 Å². The van der Waals surface area contributed by atoms with Crippen molar-refractivity contribution >= 4 is 23.4 Å². The monoisotopic (exact) mass is 304 g/mol. The Morgan fingerprint density at radius 3 is 2.90 bits per heavy atom. The van der Waals surface area contributed by atoms with Gasteiger partial charge in [-0.3, -0.25) is 4.79 Å². The number of para-hydroxylation sites is 1. The molecular weight excluding hydrogens is 280 g/mol. The van der Waals surface area contributed by atoms with E-state index in [9.17, 15) is 4.79 Å². The molecule has 3 rings (SSSR count). The number of carbonyl (C=O) groups excluding carboxylic acids is 1.